The summed E-state index contributed by atoms with van der Waals surface area (Å²) in [5.41, 5.74) is -0.0670. The predicted octanol–water partition coefficient (Wildman–Crippen LogP) is 3.97. The highest BCUT2D eigenvalue weighted by atomic mass is 79.9. The van der Waals surface area contributed by atoms with Crippen LogP contribution in [0.25, 0.3) is 10.8 Å². The van der Waals surface area contributed by atoms with Gasteiger partial charge in [-0.15, -0.1) is 0 Å². The van der Waals surface area contributed by atoms with E-state index in [1.165, 1.54) is 7.11 Å². The largest absolute Gasteiger partial charge is 0.369 e. The number of carbonyl (C=O) groups is 1. The number of halogens is 1. The second-order valence-corrected chi connectivity index (χ2v) is 5.66. The number of ether oxygens (including phenoxy) is 1. The molecule has 0 aliphatic heterocycles. The van der Waals surface area contributed by atoms with Crippen LogP contribution in [0, 0.1) is 0 Å². The van der Waals surface area contributed by atoms with E-state index in [4.69, 9.17) is 4.74 Å². The maximum absolute atomic E-state index is 12.1. The Labute approximate surface area is 121 Å². The first-order valence-electron chi connectivity index (χ1n) is 5.99. The van der Waals surface area contributed by atoms with Gasteiger partial charge in [-0.3, -0.25) is 4.79 Å². The smallest absolute Gasteiger partial charge is 0.256 e. The monoisotopic (exact) mass is 321 g/mol. The van der Waals surface area contributed by atoms with Gasteiger partial charge in [0.25, 0.3) is 5.91 Å². The number of anilines is 1. The van der Waals surface area contributed by atoms with Crippen LogP contribution >= 0.6 is 15.9 Å². The molecule has 19 heavy (non-hydrogen) atoms. The number of carbonyl (C=O) groups excluding carboxylic acids is 1. The molecule has 0 unspecified atom stereocenters. The number of benzene rings is 2. The van der Waals surface area contributed by atoms with Crippen LogP contribution in [-0.4, -0.2) is 18.6 Å². The van der Waals surface area contributed by atoms with Gasteiger partial charge in [-0.2, -0.15) is 0 Å². The van der Waals surface area contributed by atoms with Gasteiger partial charge in [-0.25, -0.2) is 0 Å². The van der Waals surface area contributed by atoms with Crippen LogP contribution < -0.4 is 5.32 Å². The summed E-state index contributed by atoms with van der Waals surface area (Å²) in [5.74, 6) is -0.164. The molecule has 1 amide bonds. The molecule has 2 aromatic rings. The molecule has 0 radical (unpaired) electrons. The minimum Gasteiger partial charge on any atom is -0.369 e. The first-order chi connectivity index (χ1) is 8.95. The zero-order chi connectivity index (χ0) is 14.0. The summed E-state index contributed by atoms with van der Waals surface area (Å²) in [6.07, 6.45) is 0. The van der Waals surface area contributed by atoms with Crippen molar-refractivity contribution in [1.82, 2.24) is 0 Å². The first-order valence-corrected chi connectivity index (χ1v) is 6.79. The summed E-state index contributed by atoms with van der Waals surface area (Å²) in [6, 6.07) is 11.7. The molecule has 2 aromatic carbocycles. The Morgan fingerprint density at radius 1 is 1.16 bits per heavy atom. The van der Waals surface area contributed by atoms with Gasteiger partial charge in [0.15, 0.2) is 0 Å². The SMILES string of the molecule is COC(C)(C)C(=O)Nc1ccc(Br)c2ccccc12. The summed E-state index contributed by atoms with van der Waals surface area (Å²) in [5, 5.41) is 4.98. The summed E-state index contributed by atoms with van der Waals surface area (Å²) in [4.78, 5) is 12.1. The second-order valence-electron chi connectivity index (χ2n) is 4.81. The van der Waals surface area contributed by atoms with Crippen molar-refractivity contribution in [3.8, 4) is 0 Å². The van der Waals surface area contributed by atoms with Crippen LogP contribution in [0.4, 0.5) is 5.69 Å². The maximum atomic E-state index is 12.1. The number of hydrogen-bond donors (Lipinski definition) is 1. The fourth-order valence-corrected chi connectivity index (χ4v) is 2.21. The lowest BCUT2D eigenvalue weighted by Gasteiger charge is -2.22. The van der Waals surface area contributed by atoms with Crippen molar-refractivity contribution >= 4 is 38.3 Å². The Bertz CT molecular complexity index is 623. The van der Waals surface area contributed by atoms with Crippen LogP contribution in [-0.2, 0) is 9.53 Å². The molecule has 0 spiro atoms. The molecule has 0 heterocycles. The molecule has 0 saturated heterocycles. The van der Waals surface area contributed by atoms with Gasteiger partial charge in [-0.1, -0.05) is 40.2 Å². The fourth-order valence-electron chi connectivity index (χ4n) is 1.74. The lowest BCUT2D eigenvalue weighted by Crippen LogP contribution is -2.38. The van der Waals surface area contributed by atoms with Crippen LogP contribution in [0.15, 0.2) is 40.9 Å². The normalized spacial score (nSPS) is 11.6. The number of fused-ring (bicyclic) bond motifs is 1. The number of hydrogen-bond acceptors (Lipinski definition) is 2. The minimum atomic E-state index is -0.853. The molecule has 1 N–H and O–H groups in total. The Hall–Kier alpha value is -1.39. The number of nitrogens with one attached hydrogen (secondary N) is 1. The third-order valence-electron chi connectivity index (χ3n) is 3.18. The fraction of sp³-hybridized carbons (Fsp3) is 0.267. The highest BCUT2D eigenvalue weighted by Gasteiger charge is 2.27. The second kappa shape index (κ2) is 5.31. The quantitative estimate of drug-likeness (QED) is 0.929. The highest BCUT2D eigenvalue weighted by Crippen LogP contribution is 2.30. The zero-order valence-corrected chi connectivity index (χ0v) is 12.7. The first kappa shape index (κ1) is 14.0. The van der Waals surface area contributed by atoms with E-state index in [-0.39, 0.29) is 5.91 Å². The average molecular weight is 322 g/mol. The van der Waals surface area contributed by atoms with E-state index in [9.17, 15) is 4.79 Å². The third-order valence-corrected chi connectivity index (χ3v) is 3.87. The summed E-state index contributed by atoms with van der Waals surface area (Å²) >= 11 is 3.51. The van der Waals surface area contributed by atoms with Gasteiger partial charge >= 0.3 is 0 Å². The highest BCUT2D eigenvalue weighted by molar-refractivity contribution is 9.10. The average Bonchev–Trinajstić information content (AvgIpc) is 2.42. The van der Waals surface area contributed by atoms with E-state index in [0.29, 0.717) is 0 Å². The molecule has 0 aliphatic carbocycles. The summed E-state index contributed by atoms with van der Waals surface area (Å²) < 4.78 is 6.19. The predicted molar refractivity (Wildman–Crippen MR) is 81.4 cm³/mol. The topological polar surface area (TPSA) is 38.3 Å². The molecule has 0 saturated carbocycles. The molecule has 0 atom stereocenters. The van der Waals surface area contributed by atoms with Gasteiger partial charge in [0, 0.05) is 22.7 Å². The zero-order valence-electron chi connectivity index (χ0n) is 11.2. The van der Waals surface area contributed by atoms with Gasteiger partial charge in [0.2, 0.25) is 0 Å². The van der Waals surface area contributed by atoms with Crippen LogP contribution in [0.2, 0.25) is 0 Å². The Morgan fingerprint density at radius 2 is 1.79 bits per heavy atom. The lowest BCUT2D eigenvalue weighted by molar-refractivity contribution is -0.133. The van der Waals surface area contributed by atoms with Gasteiger partial charge in [0.05, 0.1) is 0 Å². The van der Waals surface area contributed by atoms with E-state index < -0.39 is 5.60 Å². The Kier molecular flexibility index (Phi) is 3.92. The van der Waals surface area contributed by atoms with Gasteiger partial charge in [-0.05, 0) is 31.4 Å². The van der Waals surface area contributed by atoms with Crippen LogP contribution in [0.1, 0.15) is 13.8 Å². The van der Waals surface area contributed by atoms with Gasteiger partial charge in [0.1, 0.15) is 5.60 Å². The summed E-state index contributed by atoms with van der Waals surface area (Å²) in [6.45, 7) is 3.48. The summed E-state index contributed by atoms with van der Waals surface area (Å²) in [7, 11) is 1.53. The van der Waals surface area contributed by atoms with Crippen molar-refractivity contribution in [2.75, 3.05) is 12.4 Å². The van der Waals surface area contributed by atoms with Crippen molar-refractivity contribution in [2.45, 2.75) is 19.4 Å². The standard InChI is InChI=1S/C15H16BrNO2/c1-15(2,19-3)14(18)17-13-9-8-12(16)10-6-4-5-7-11(10)13/h4-9H,1-3H3,(H,17,18). The van der Waals surface area contributed by atoms with E-state index in [0.717, 1.165) is 20.9 Å². The number of amides is 1. The molecule has 0 aliphatic rings. The van der Waals surface area contributed by atoms with E-state index >= 15 is 0 Å². The molecular formula is C15H16BrNO2. The molecule has 3 nitrogen and oxygen atoms in total. The van der Waals surface area contributed by atoms with Crippen molar-refractivity contribution < 1.29 is 9.53 Å². The van der Waals surface area contributed by atoms with Crippen molar-refractivity contribution in [3.05, 3.63) is 40.9 Å². The van der Waals surface area contributed by atoms with Gasteiger partial charge < -0.3 is 10.1 Å². The molecule has 0 bridgehead atoms. The molecule has 0 aromatic heterocycles. The molecular weight excluding hydrogens is 306 g/mol. The Balaban J connectivity index is 2.42. The Morgan fingerprint density at radius 3 is 2.42 bits per heavy atom. The minimum absolute atomic E-state index is 0.164. The molecule has 0 fully saturated rings. The van der Waals surface area contributed by atoms with E-state index in [2.05, 4.69) is 21.2 Å². The van der Waals surface area contributed by atoms with Crippen LogP contribution in [0.5, 0.6) is 0 Å². The molecule has 100 valence electrons. The number of rotatable bonds is 3. The van der Waals surface area contributed by atoms with Crippen molar-refractivity contribution in [3.63, 3.8) is 0 Å². The lowest BCUT2D eigenvalue weighted by atomic mass is 10.1. The molecule has 4 heteroatoms. The molecule has 2 rings (SSSR count). The van der Waals surface area contributed by atoms with Crippen molar-refractivity contribution in [1.29, 1.82) is 0 Å². The van der Waals surface area contributed by atoms with Crippen molar-refractivity contribution in [2.24, 2.45) is 0 Å². The van der Waals surface area contributed by atoms with Crippen LogP contribution in [0.3, 0.4) is 0 Å². The number of methoxy groups -OCH3 is 1. The maximum Gasteiger partial charge on any atom is 0.256 e. The third kappa shape index (κ3) is 2.80. The van der Waals surface area contributed by atoms with E-state index in [1.54, 1.807) is 13.8 Å². The van der Waals surface area contributed by atoms with E-state index in [1.807, 2.05) is 36.4 Å².